The van der Waals surface area contributed by atoms with Gasteiger partial charge in [0.1, 0.15) is 5.69 Å². The molecule has 18 heavy (non-hydrogen) atoms. The zero-order valence-corrected chi connectivity index (χ0v) is 11.1. The van der Waals surface area contributed by atoms with Gasteiger partial charge in [0, 0.05) is 12.4 Å². The summed E-state index contributed by atoms with van der Waals surface area (Å²) in [6.07, 6.45) is 0. The number of anilines is 1. The lowest BCUT2D eigenvalue weighted by atomic mass is 10.1. The van der Waals surface area contributed by atoms with Crippen molar-refractivity contribution in [2.24, 2.45) is 0 Å². The van der Waals surface area contributed by atoms with Crippen LogP contribution in [0.15, 0.2) is 35.7 Å². The van der Waals surface area contributed by atoms with E-state index in [1.165, 1.54) is 11.3 Å². The zero-order chi connectivity index (χ0) is 13.1. The van der Waals surface area contributed by atoms with Gasteiger partial charge < -0.3 is 10.6 Å². The molecule has 0 fully saturated rings. The molecule has 1 heterocycles. The summed E-state index contributed by atoms with van der Waals surface area (Å²) in [4.78, 5) is 17.9. The summed E-state index contributed by atoms with van der Waals surface area (Å²) in [5.74, 6) is -0.112. The lowest BCUT2D eigenvalue weighted by Crippen LogP contribution is -2.29. The summed E-state index contributed by atoms with van der Waals surface area (Å²) in [7, 11) is 1.77. The van der Waals surface area contributed by atoms with Crippen molar-refractivity contribution in [1.82, 2.24) is 9.88 Å². The van der Waals surface area contributed by atoms with Gasteiger partial charge in [0.25, 0.3) is 5.91 Å². The molecular weight excluding hydrogens is 246 g/mol. The lowest BCUT2D eigenvalue weighted by molar-refractivity contribution is 0.0737. The van der Waals surface area contributed by atoms with Crippen LogP contribution in [-0.2, 0) is 0 Å². The van der Waals surface area contributed by atoms with E-state index in [1.54, 1.807) is 17.3 Å². The first-order valence-electron chi connectivity index (χ1n) is 5.62. The van der Waals surface area contributed by atoms with E-state index in [2.05, 4.69) is 4.98 Å². The van der Waals surface area contributed by atoms with Crippen LogP contribution in [0, 0.1) is 0 Å². The maximum atomic E-state index is 12.2. The van der Waals surface area contributed by atoms with E-state index >= 15 is 0 Å². The third-order valence-corrected chi connectivity index (χ3v) is 3.60. The Morgan fingerprint density at radius 3 is 2.61 bits per heavy atom. The summed E-state index contributed by atoms with van der Waals surface area (Å²) in [6, 6.07) is 9.89. The zero-order valence-electron chi connectivity index (χ0n) is 10.3. The van der Waals surface area contributed by atoms with Gasteiger partial charge in [0.2, 0.25) is 0 Å². The predicted molar refractivity (Wildman–Crippen MR) is 73.5 cm³/mol. The summed E-state index contributed by atoms with van der Waals surface area (Å²) in [6.45, 7) is 1.99. The molecule has 2 N–H and O–H groups in total. The fourth-order valence-electron chi connectivity index (χ4n) is 1.70. The fourth-order valence-corrected chi connectivity index (χ4v) is 2.23. The molecule has 94 valence electrons. The number of hydrogen-bond acceptors (Lipinski definition) is 4. The second-order valence-electron chi connectivity index (χ2n) is 4.07. The highest BCUT2D eigenvalue weighted by Crippen LogP contribution is 2.21. The van der Waals surface area contributed by atoms with Crippen molar-refractivity contribution in [3.63, 3.8) is 0 Å². The fraction of sp³-hybridized carbons (Fsp3) is 0.231. The van der Waals surface area contributed by atoms with E-state index < -0.39 is 0 Å². The van der Waals surface area contributed by atoms with Gasteiger partial charge in [0.05, 0.1) is 6.04 Å². The van der Waals surface area contributed by atoms with Crippen LogP contribution < -0.4 is 5.73 Å². The minimum atomic E-state index is -0.112. The van der Waals surface area contributed by atoms with Gasteiger partial charge in [-0.1, -0.05) is 30.3 Å². The van der Waals surface area contributed by atoms with Gasteiger partial charge in [-0.2, -0.15) is 0 Å². The average molecular weight is 261 g/mol. The Labute approximate surface area is 110 Å². The molecule has 0 aliphatic heterocycles. The molecule has 0 saturated heterocycles. The van der Waals surface area contributed by atoms with Crippen LogP contribution in [0.25, 0.3) is 0 Å². The van der Waals surface area contributed by atoms with Gasteiger partial charge in [0.15, 0.2) is 5.13 Å². The smallest absolute Gasteiger partial charge is 0.273 e. The largest absolute Gasteiger partial charge is 0.375 e. The van der Waals surface area contributed by atoms with Crippen LogP contribution in [0.3, 0.4) is 0 Å². The minimum absolute atomic E-state index is 0.00150. The lowest BCUT2D eigenvalue weighted by Gasteiger charge is -2.24. The number of aromatic nitrogens is 1. The van der Waals surface area contributed by atoms with Crippen molar-refractivity contribution in [2.75, 3.05) is 12.8 Å². The summed E-state index contributed by atoms with van der Waals surface area (Å²) in [5, 5.41) is 2.10. The molecule has 4 nitrogen and oxygen atoms in total. The second kappa shape index (κ2) is 5.18. The van der Waals surface area contributed by atoms with Crippen LogP contribution in [0.4, 0.5) is 5.13 Å². The first-order chi connectivity index (χ1) is 8.59. The van der Waals surface area contributed by atoms with E-state index in [9.17, 15) is 4.79 Å². The molecular formula is C13H15N3OS. The van der Waals surface area contributed by atoms with Gasteiger partial charge in [-0.3, -0.25) is 4.79 Å². The van der Waals surface area contributed by atoms with E-state index in [1.807, 2.05) is 37.3 Å². The molecule has 0 radical (unpaired) electrons. The number of benzene rings is 1. The van der Waals surface area contributed by atoms with Crippen molar-refractivity contribution in [3.8, 4) is 0 Å². The highest BCUT2D eigenvalue weighted by atomic mass is 32.1. The first-order valence-corrected chi connectivity index (χ1v) is 6.50. The molecule has 1 atom stereocenters. The average Bonchev–Trinajstić information content (AvgIpc) is 2.84. The monoisotopic (exact) mass is 261 g/mol. The molecule has 1 amide bonds. The maximum absolute atomic E-state index is 12.2. The quantitative estimate of drug-likeness (QED) is 0.923. The SMILES string of the molecule is CC(c1ccccc1)N(C)C(=O)c1csc(N)n1. The Kier molecular flexibility index (Phi) is 3.62. The Bertz CT molecular complexity index is 538. The molecule has 0 spiro atoms. The minimum Gasteiger partial charge on any atom is -0.375 e. The van der Waals surface area contributed by atoms with Crippen molar-refractivity contribution in [2.45, 2.75) is 13.0 Å². The molecule has 0 aliphatic rings. The Morgan fingerprint density at radius 1 is 1.39 bits per heavy atom. The van der Waals surface area contributed by atoms with E-state index in [-0.39, 0.29) is 11.9 Å². The Balaban J connectivity index is 2.16. The van der Waals surface area contributed by atoms with Crippen molar-refractivity contribution in [1.29, 1.82) is 0 Å². The topological polar surface area (TPSA) is 59.2 Å². The molecule has 0 bridgehead atoms. The highest BCUT2D eigenvalue weighted by molar-refractivity contribution is 7.13. The third-order valence-electron chi connectivity index (χ3n) is 2.92. The number of nitrogen functional groups attached to an aromatic ring is 1. The van der Waals surface area contributed by atoms with Crippen LogP contribution >= 0.6 is 11.3 Å². The molecule has 1 unspecified atom stereocenters. The van der Waals surface area contributed by atoms with E-state index in [4.69, 9.17) is 5.73 Å². The molecule has 0 saturated carbocycles. The number of rotatable bonds is 3. The standard InChI is InChI=1S/C13H15N3OS/c1-9(10-6-4-3-5-7-10)16(2)12(17)11-8-18-13(14)15-11/h3-9H,1-2H3,(H2,14,15). The number of carbonyl (C=O) groups excluding carboxylic acids is 1. The second-order valence-corrected chi connectivity index (χ2v) is 4.96. The number of hydrogen-bond donors (Lipinski definition) is 1. The highest BCUT2D eigenvalue weighted by Gasteiger charge is 2.20. The molecule has 2 aromatic rings. The molecule has 2 rings (SSSR count). The van der Waals surface area contributed by atoms with Crippen molar-refractivity contribution >= 4 is 22.4 Å². The number of amides is 1. The van der Waals surface area contributed by atoms with Crippen LogP contribution in [0.2, 0.25) is 0 Å². The number of thiazole rings is 1. The molecule has 1 aromatic heterocycles. The van der Waals surface area contributed by atoms with Gasteiger partial charge in [-0.15, -0.1) is 11.3 Å². The summed E-state index contributed by atoms with van der Waals surface area (Å²) in [5.41, 5.74) is 7.04. The molecule has 0 aliphatic carbocycles. The molecule has 1 aromatic carbocycles. The van der Waals surface area contributed by atoms with Crippen LogP contribution in [0.5, 0.6) is 0 Å². The summed E-state index contributed by atoms with van der Waals surface area (Å²) >= 11 is 1.28. The number of nitrogens with zero attached hydrogens (tertiary/aromatic N) is 2. The normalized spacial score (nSPS) is 12.1. The summed E-state index contributed by atoms with van der Waals surface area (Å²) < 4.78 is 0. The molecule has 5 heteroatoms. The Hall–Kier alpha value is -1.88. The van der Waals surface area contributed by atoms with Crippen LogP contribution in [0.1, 0.15) is 29.0 Å². The van der Waals surface area contributed by atoms with E-state index in [0.717, 1.165) is 5.56 Å². The van der Waals surface area contributed by atoms with Gasteiger partial charge in [-0.25, -0.2) is 4.98 Å². The van der Waals surface area contributed by atoms with E-state index in [0.29, 0.717) is 10.8 Å². The maximum Gasteiger partial charge on any atom is 0.273 e. The van der Waals surface area contributed by atoms with Crippen molar-refractivity contribution < 1.29 is 4.79 Å². The third kappa shape index (κ3) is 2.51. The van der Waals surface area contributed by atoms with Crippen LogP contribution in [-0.4, -0.2) is 22.8 Å². The first kappa shape index (κ1) is 12.6. The number of carbonyl (C=O) groups is 1. The predicted octanol–water partition coefficient (Wildman–Crippen LogP) is 2.56. The van der Waals surface area contributed by atoms with Gasteiger partial charge >= 0.3 is 0 Å². The Morgan fingerprint density at radius 2 is 2.06 bits per heavy atom. The number of nitrogens with two attached hydrogens (primary N) is 1. The van der Waals surface area contributed by atoms with Crippen molar-refractivity contribution in [3.05, 3.63) is 47.0 Å². The van der Waals surface area contributed by atoms with Gasteiger partial charge in [-0.05, 0) is 12.5 Å².